The van der Waals surface area contributed by atoms with Crippen LogP contribution in [0.3, 0.4) is 0 Å². The normalized spacial score (nSPS) is 10.3. The van der Waals surface area contributed by atoms with Crippen molar-refractivity contribution in [3.63, 3.8) is 0 Å². The van der Waals surface area contributed by atoms with Crippen LogP contribution in [0.25, 0.3) is 11.1 Å². The topological polar surface area (TPSA) is 70.1 Å². The van der Waals surface area contributed by atoms with Crippen LogP contribution < -0.4 is 5.73 Å². The first-order valence-corrected chi connectivity index (χ1v) is 5.25. The fourth-order valence-corrected chi connectivity index (χ4v) is 1.56. The van der Waals surface area contributed by atoms with Crippen LogP contribution in [0.15, 0.2) is 30.6 Å². The first-order chi connectivity index (χ1) is 8.60. The number of aromatic nitrogens is 2. The number of anilines is 1. The maximum atomic E-state index is 13.1. The predicted molar refractivity (Wildman–Crippen MR) is 64.0 cm³/mol. The smallest absolute Gasteiger partial charge is 0.327 e. The molecule has 1 heterocycles. The van der Waals surface area contributed by atoms with Crippen molar-refractivity contribution >= 4 is 11.7 Å². The van der Waals surface area contributed by atoms with Gasteiger partial charge in [0.2, 0.25) is 0 Å². The Hall–Kier alpha value is -2.37. The van der Waals surface area contributed by atoms with Gasteiger partial charge in [0.25, 0.3) is 0 Å². The molecule has 0 spiro atoms. The molecule has 2 aromatic rings. The summed E-state index contributed by atoms with van der Waals surface area (Å²) in [6.45, 7) is 0.00568. The van der Waals surface area contributed by atoms with Crippen LogP contribution in [0.2, 0.25) is 0 Å². The number of ether oxygens (including phenoxy) is 1. The van der Waals surface area contributed by atoms with E-state index in [2.05, 4.69) is 9.84 Å². The monoisotopic (exact) mass is 249 g/mol. The SMILES string of the molecule is COC(=O)Cn1cc(-c2cc(F)ccc2N)cn1. The summed E-state index contributed by atoms with van der Waals surface area (Å²) in [5.74, 6) is -0.781. The van der Waals surface area contributed by atoms with Crippen molar-refractivity contribution in [2.24, 2.45) is 0 Å². The Labute approximate surface area is 103 Å². The predicted octanol–water partition coefficient (Wildman–Crippen LogP) is 1.44. The van der Waals surface area contributed by atoms with Crippen molar-refractivity contribution in [1.29, 1.82) is 0 Å². The van der Waals surface area contributed by atoms with E-state index in [0.29, 0.717) is 16.8 Å². The lowest BCUT2D eigenvalue weighted by atomic mass is 10.1. The molecule has 2 N–H and O–H groups in total. The molecule has 0 atom stereocenters. The minimum Gasteiger partial charge on any atom is -0.468 e. The Balaban J connectivity index is 2.29. The molecular formula is C12H12FN3O2. The molecule has 2 rings (SSSR count). The second kappa shape index (κ2) is 4.87. The summed E-state index contributed by atoms with van der Waals surface area (Å²) in [5, 5.41) is 3.99. The van der Waals surface area contributed by atoms with Gasteiger partial charge >= 0.3 is 5.97 Å². The highest BCUT2D eigenvalue weighted by atomic mass is 19.1. The van der Waals surface area contributed by atoms with Crippen LogP contribution in [0.1, 0.15) is 0 Å². The Bertz CT molecular complexity index is 580. The number of benzene rings is 1. The van der Waals surface area contributed by atoms with Crippen LogP contribution in [0, 0.1) is 5.82 Å². The van der Waals surface area contributed by atoms with Gasteiger partial charge in [0.15, 0.2) is 0 Å². The number of nitrogen functional groups attached to an aromatic ring is 1. The molecule has 0 saturated heterocycles. The standard InChI is InChI=1S/C12H12FN3O2/c1-18-12(17)7-16-6-8(5-15-16)10-4-9(13)2-3-11(10)14/h2-6H,7,14H2,1H3. The summed E-state index contributed by atoms with van der Waals surface area (Å²) >= 11 is 0. The van der Waals surface area contributed by atoms with Gasteiger partial charge < -0.3 is 10.5 Å². The van der Waals surface area contributed by atoms with Crippen LogP contribution in [-0.4, -0.2) is 22.9 Å². The van der Waals surface area contributed by atoms with Gasteiger partial charge in [-0.1, -0.05) is 0 Å². The molecule has 6 heteroatoms. The summed E-state index contributed by atoms with van der Waals surface area (Å²) in [4.78, 5) is 11.1. The number of hydrogen-bond acceptors (Lipinski definition) is 4. The molecule has 0 aliphatic carbocycles. The summed E-state index contributed by atoms with van der Waals surface area (Å²) in [7, 11) is 1.30. The Kier molecular flexibility index (Phi) is 3.27. The number of nitrogens with two attached hydrogens (primary N) is 1. The van der Waals surface area contributed by atoms with Crippen molar-refractivity contribution in [2.45, 2.75) is 6.54 Å². The molecule has 0 aliphatic heterocycles. The van der Waals surface area contributed by atoms with Gasteiger partial charge in [0.1, 0.15) is 12.4 Å². The van der Waals surface area contributed by atoms with Crippen LogP contribution in [0.5, 0.6) is 0 Å². The van der Waals surface area contributed by atoms with Crippen molar-refractivity contribution in [1.82, 2.24) is 9.78 Å². The fraction of sp³-hybridized carbons (Fsp3) is 0.167. The van der Waals surface area contributed by atoms with E-state index in [1.165, 1.54) is 36.2 Å². The Morgan fingerprint density at radius 3 is 3.06 bits per heavy atom. The van der Waals surface area contributed by atoms with Gasteiger partial charge in [-0.2, -0.15) is 5.10 Å². The molecule has 0 bridgehead atoms. The molecule has 0 aliphatic rings. The third kappa shape index (κ3) is 2.48. The Morgan fingerprint density at radius 2 is 2.33 bits per heavy atom. The van der Waals surface area contributed by atoms with E-state index in [9.17, 15) is 9.18 Å². The summed E-state index contributed by atoms with van der Waals surface area (Å²) in [6, 6.07) is 4.11. The lowest BCUT2D eigenvalue weighted by Gasteiger charge is -2.02. The van der Waals surface area contributed by atoms with Crippen molar-refractivity contribution in [3.8, 4) is 11.1 Å². The number of halogens is 1. The zero-order valence-electron chi connectivity index (χ0n) is 9.76. The summed E-state index contributed by atoms with van der Waals surface area (Å²) < 4.78 is 19.1. The maximum Gasteiger partial charge on any atom is 0.327 e. The van der Waals surface area contributed by atoms with E-state index in [4.69, 9.17) is 5.73 Å². The number of nitrogens with zero attached hydrogens (tertiary/aromatic N) is 2. The highest BCUT2D eigenvalue weighted by Gasteiger charge is 2.09. The average Bonchev–Trinajstić information content (AvgIpc) is 2.80. The molecular weight excluding hydrogens is 237 g/mol. The first-order valence-electron chi connectivity index (χ1n) is 5.25. The number of rotatable bonds is 3. The lowest BCUT2D eigenvalue weighted by Crippen LogP contribution is -2.11. The van der Waals surface area contributed by atoms with Gasteiger partial charge in [-0.15, -0.1) is 0 Å². The summed E-state index contributed by atoms with van der Waals surface area (Å²) in [6.07, 6.45) is 3.14. The molecule has 5 nitrogen and oxygen atoms in total. The second-order valence-corrected chi connectivity index (χ2v) is 3.73. The second-order valence-electron chi connectivity index (χ2n) is 3.73. The van der Waals surface area contributed by atoms with Crippen molar-refractivity contribution < 1.29 is 13.9 Å². The van der Waals surface area contributed by atoms with Crippen molar-refractivity contribution in [2.75, 3.05) is 12.8 Å². The molecule has 18 heavy (non-hydrogen) atoms. The minimum atomic E-state index is -0.406. The van der Waals surface area contributed by atoms with E-state index in [0.717, 1.165) is 0 Å². The van der Waals surface area contributed by atoms with Gasteiger partial charge in [0.05, 0.1) is 13.3 Å². The minimum absolute atomic E-state index is 0.00568. The van der Waals surface area contributed by atoms with E-state index in [1.807, 2.05) is 0 Å². The Morgan fingerprint density at radius 1 is 1.56 bits per heavy atom. The van der Waals surface area contributed by atoms with Crippen molar-refractivity contribution in [3.05, 3.63) is 36.4 Å². The molecule has 94 valence electrons. The van der Waals surface area contributed by atoms with Crippen LogP contribution in [0.4, 0.5) is 10.1 Å². The number of carbonyl (C=O) groups is 1. The average molecular weight is 249 g/mol. The zero-order chi connectivity index (χ0) is 13.1. The zero-order valence-corrected chi connectivity index (χ0v) is 9.76. The van der Waals surface area contributed by atoms with Gasteiger partial charge in [-0.3, -0.25) is 9.48 Å². The summed E-state index contributed by atoms with van der Waals surface area (Å²) in [5.41, 5.74) is 7.41. The third-order valence-corrected chi connectivity index (χ3v) is 2.48. The van der Waals surface area contributed by atoms with Crippen LogP contribution >= 0.6 is 0 Å². The third-order valence-electron chi connectivity index (χ3n) is 2.48. The van der Waals surface area contributed by atoms with E-state index < -0.39 is 5.97 Å². The molecule has 0 unspecified atom stereocenters. The number of hydrogen-bond donors (Lipinski definition) is 1. The van der Waals surface area contributed by atoms with E-state index in [-0.39, 0.29) is 12.4 Å². The van der Waals surface area contributed by atoms with Gasteiger partial charge in [-0.05, 0) is 18.2 Å². The molecule has 0 radical (unpaired) electrons. The molecule has 0 amide bonds. The fourth-order valence-electron chi connectivity index (χ4n) is 1.56. The van der Waals surface area contributed by atoms with Gasteiger partial charge in [-0.25, -0.2) is 4.39 Å². The highest BCUT2D eigenvalue weighted by Crippen LogP contribution is 2.26. The number of esters is 1. The highest BCUT2D eigenvalue weighted by molar-refractivity contribution is 5.75. The maximum absolute atomic E-state index is 13.1. The van der Waals surface area contributed by atoms with Gasteiger partial charge in [0, 0.05) is 23.0 Å². The lowest BCUT2D eigenvalue weighted by molar-refractivity contribution is -0.141. The number of carbonyl (C=O) groups excluding carboxylic acids is 1. The van der Waals surface area contributed by atoms with E-state index in [1.54, 1.807) is 6.20 Å². The molecule has 0 saturated carbocycles. The molecule has 0 fully saturated rings. The molecule has 1 aromatic heterocycles. The largest absolute Gasteiger partial charge is 0.468 e. The first kappa shape index (κ1) is 12.1. The quantitative estimate of drug-likeness (QED) is 0.660. The van der Waals surface area contributed by atoms with Crippen LogP contribution in [-0.2, 0) is 16.1 Å². The van der Waals surface area contributed by atoms with E-state index >= 15 is 0 Å². The molecule has 1 aromatic carbocycles. The number of methoxy groups -OCH3 is 1.